The van der Waals surface area contributed by atoms with Gasteiger partial charge in [-0.2, -0.15) is 5.26 Å². The van der Waals surface area contributed by atoms with Crippen molar-refractivity contribution in [3.8, 4) is 11.8 Å². The first-order valence-electron chi connectivity index (χ1n) is 7.10. The van der Waals surface area contributed by atoms with Crippen LogP contribution in [0.3, 0.4) is 0 Å². The van der Waals surface area contributed by atoms with Crippen molar-refractivity contribution in [3.05, 3.63) is 29.8 Å². The van der Waals surface area contributed by atoms with Crippen LogP contribution in [0.5, 0.6) is 5.75 Å². The molecule has 0 radical (unpaired) electrons. The van der Waals surface area contributed by atoms with E-state index in [1.807, 2.05) is 12.1 Å². The SMILES string of the molecule is CC(C)(C)c1ccc(OCC2(C#N)CCCC2)cc1. The third-order valence-electron chi connectivity index (χ3n) is 4.03. The van der Waals surface area contributed by atoms with Gasteiger partial charge in [0, 0.05) is 0 Å². The van der Waals surface area contributed by atoms with Gasteiger partial charge in [0.05, 0.1) is 11.5 Å². The molecule has 0 heterocycles. The number of benzene rings is 1. The van der Waals surface area contributed by atoms with E-state index in [1.54, 1.807) is 0 Å². The Kier molecular flexibility index (Phi) is 3.85. The van der Waals surface area contributed by atoms with Crippen LogP contribution in [0, 0.1) is 16.7 Å². The minimum absolute atomic E-state index is 0.165. The molecule has 1 aromatic carbocycles. The molecule has 0 unspecified atom stereocenters. The average Bonchev–Trinajstić information content (AvgIpc) is 2.85. The fourth-order valence-corrected chi connectivity index (χ4v) is 2.61. The third kappa shape index (κ3) is 3.29. The molecule has 19 heavy (non-hydrogen) atoms. The van der Waals surface area contributed by atoms with Gasteiger partial charge in [-0.25, -0.2) is 0 Å². The minimum atomic E-state index is -0.247. The lowest BCUT2D eigenvalue weighted by atomic mass is 9.87. The molecule has 2 nitrogen and oxygen atoms in total. The number of nitriles is 1. The molecule has 1 fully saturated rings. The van der Waals surface area contributed by atoms with Crippen molar-refractivity contribution in [2.75, 3.05) is 6.61 Å². The van der Waals surface area contributed by atoms with E-state index in [-0.39, 0.29) is 10.8 Å². The van der Waals surface area contributed by atoms with E-state index in [1.165, 1.54) is 5.56 Å². The molecule has 0 spiro atoms. The smallest absolute Gasteiger partial charge is 0.119 e. The summed E-state index contributed by atoms with van der Waals surface area (Å²) in [5, 5.41) is 9.32. The Balaban J connectivity index is 1.99. The normalized spacial score (nSPS) is 18.0. The Bertz CT molecular complexity index is 456. The molecule has 1 aromatic rings. The van der Waals surface area contributed by atoms with Gasteiger partial charge in [0.25, 0.3) is 0 Å². The van der Waals surface area contributed by atoms with Crippen molar-refractivity contribution in [2.45, 2.75) is 51.9 Å². The highest BCUT2D eigenvalue weighted by Gasteiger charge is 2.34. The second-order valence-electron chi connectivity index (χ2n) is 6.66. The molecule has 0 aromatic heterocycles. The van der Waals surface area contributed by atoms with Gasteiger partial charge >= 0.3 is 0 Å². The highest BCUT2D eigenvalue weighted by atomic mass is 16.5. The van der Waals surface area contributed by atoms with Crippen LogP contribution in [-0.4, -0.2) is 6.61 Å². The zero-order valence-corrected chi connectivity index (χ0v) is 12.2. The van der Waals surface area contributed by atoms with E-state index >= 15 is 0 Å². The Morgan fingerprint density at radius 2 is 1.74 bits per heavy atom. The number of hydrogen-bond donors (Lipinski definition) is 0. The largest absolute Gasteiger partial charge is 0.492 e. The van der Waals surface area contributed by atoms with Crippen LogP contribution in [0.2, 0.25) is 0 Å². The molecule has 1 saturated carbocycles. The predicted molar refractivity (Wildman–Crippen MR) is 77.2 cm³/mol. The molecule has 0 bridgehead atoms. The summed E-state index contributed by atoms with van der Waals surface area (Å²) >= 11 is 0. The van der Waals surface area contributed by atoms with Crippen LogP contribution in [0.1, 0.15) is 52.0 Å². The van der Waals surface area contributed by atoms with Crippen LogP contribution in [0.15, 0.2) is 24.3 Å². The van der Waals surface area contributed by atoms with Crippen molar-refractivity contribution in [1.82, 2.24) is 0 Å². The van der Waals surface area contributed by atoms with Crippen molar-refractivity contribution in [1.29, 1.82) is 5.26 Å². The molecular weight excluding hydrogens is 234 g/mol. The first-order valence-corrected chi connectivity index (χ1v) is 7.10. The molecule has 0 N–H and O–H groups in total. The van der Waals surface area contributed by atoms with Gasteiger partial charge in [-0.1, -0.05) is 45.7 Å². The lowest BCUT2D eigenvalue weighted by Gasteiger charge is -2.22. The molecule has 0 aliphatic heterocycles. The van der Waals surface area contributed by atoms with Crippen molar-refractivity contribution >= 4 is 0 Å². The quantitative estimate of drug-likeness (QED) is 0.801. The summed E-state index contributed by atoms with van der Waals surface area (Å²) in [5.41, 5.74) is 1.22. The maximum absolute atomic E-state index is 9.32. The summed E-state index contributed by atoms with van der Waals surface area (Å²) in [6.45, 7) is 7.13. The van der Waals surface area contributed by atoms with E-state index in [0.29, 0.717) is 6.61 Å². The Hall–Kier alpha value is -1.49. The van der Waals surface area contributed by atoms with E-state index in [9.17, 15) is 5.26 Å². The van der Waals surface area contributed by atoms with Gasteiger partial charge in [0.1, 0.15) is 12.4 Å². The molecule has 102 valence electrons. The molecule has 1 aliphatic rings. The zero-order chi connectivity index (χ0) is 13.9. The summed E-state index contributed by atoms with van der Waals surface area (Å²) in [6.07, 6.45) is 4.26. The van der Waals surface area contributed by atoms with Gasteiger partial charge in [-0.15, -0.1) is 0 Å². The zero-order valence-electron chi connectivity index (χ0n) is 12.2. The van der Waals surface area contributed by atoms with Gasteiger partial charge in [0.15, 0.2) is 0 Å². The lowest BCUT2D eigenvalue weighted by Crippen LogP contribution is -2.23. The van der Waals surface area contributed by atoms with Gasteiger partial charge in [-0.3, -0.25) is 0 Å². The fraction of sp³-hybridized carbons (Fsp3) is 0.588. The molecule has 2 heteroatoms. The standard InChI is InChI=1S/C17H23NO/c1-16(2,3)14-6-8-15(9-7-14)19-13-17(12-18)10-4-5-11-17/h6-9H,4-5,10-11,13H2,1-3H3. The molecule has 0 atom stereocenters. The minimum Gasteiger partial charge on any atom is -0.492 e. The maximum atomic E-state index is 9.32. The maximum Gasteiger partial charge on any atom is 0.119 e. The average molecular weight is 257 g/mol. The lowest BCUT2D eigenvalue weighted by molar-refractivity contribution is 0.201. The van der Waals surface area contributed by atoms with Gasteiger partial charge in [0.2, 0.25) is 0 Å². The topological polar surface area (TPSA) is 33.0 Å². The van der Waals surface area contributed by atoms with E-state index in [4.69, 9.17) is 4.74 Å². The predicted octanol–water partition coefficient (Wildman–Crippen LogP) is 4.45. The summed E-state index contributed by atoms with van der Waals surface area (Å²) < 4.78 is 5.83. The molecule has 1 aliphatic carbocycles. The van der Waals surface area contributed by atoms with E-state index < -0.39 is 0 Å². The second-order valence-corrected chi connectivity index (χ2v) is 6.66. The third-order valence-corrected chi connectivity index (χ3v) is 4.03. The van der Waals surface area contributed by atoms with Crippen molar-refractivity contribution in [2.24, 2.45) is 5.41 Å². The summed E-state index contributed by atoms with van der Waals surface area (Å²) in [4.78, 5) is 0. The van der Waals surface area contributed by atoms with E-state index in [2.05, 4.69) is 39.0 Å². The molecule has 2 rings (SSSR count). The van der Waals surface area contributed by atoms with Crippen molar-refractivity contribution < 1.29 is 4.74 Å². The second kappa shape index (κ2) is 5.25. The van der Waals surface area contributed by atoms with Crippen LogP contribution >= 0.6 is 0 Å². The highest BCUT2D eigenvalue weighted by Crippen LogP contribution is 2.38. The molecular formula is C17H23NO. The summed E-state index contributed by atoms with van der Waals surface area (Å²) in [6, 6.07) is 10.7. The van der Waals surface area contributed by atoms with Gasteiger partial charge < -0.3 is 4.74 Å². The number of rotatable bonds is 3. The first-order chi connectivity index (χ1) is 8.95. The monoisotopic (exact) mass is 257 g/mol. The van der Waals surface area contributed by atoms with Gasteiger partial charge in [-0.05, 0) is 36.0 Å². The molecule has 0 amide bonds. The summed E-state index contributed by atoms with van der Waals surface area (Å²) in [5.74, 6) is 0.870. The number of nitrogens with zero attached hydrogens (tertiary/aromatic N) is 1. The van der Waals surface area contributed by atoms with Crippen LogP contribution in [0.25, 0.3) is 0 Å². The fourth-order valence-electron chi connectivity index (χ4n) is 2.61. The Morgan fingerprint density at radius 1 is 1.16 bits per heavy atom. The summed E-state index contributed by atoms with van der Waals surface area (Å²) in [7, 11) is 0. The Morgan fingerprint density at radius 3 is 2.21 bits per heavy atom. The van der Waals surface area contributed by atoms with Crippen LogP contribution < -0.4 is 4.74 Å². The first kappa shape index (κ1) is 13.9. The Labute approximate surface area is 116 Å². The van der Waals surface area contributed by atoms with Crippen LogP contribution in [0.4, 0.5) is 0 Å². The number of hydrogen-bond acceptors (Lipinski definition) is 2. The van der Waals surface area contributed by atoms with E-state index in [0.717, 1.165) is 31.4 Å². The molecule has 0 saturated heterocycles. The van der Waals surface area contributed by atoms with Crippen molar-refractivity contribution in [3.63, 3.8) is 0 Å². The van der Waals surface area contributed by atoms with Crippen LogP contribution in [-0.2, 0) is 5.41 Å². The highest BCUT2D eigenvalue weighted by molar-refractivity contribution is 5.31. The number of ether oxygens (including phenoxy) is 1.